The third-order valence-electron chi connectivity index (χ3n) is 3.28. The van der Waals surface area contributed by atoms with Gasteiger partial charge in [-0.1, -0.05) is 26.8 Å². The van der Waals surface area contributed by atoms with Crippen molar-refractivity contribution in [3.63, 3.8) is 0 Å². The van der Waals surface area contributed by atoms with E-state index in [2.05, 4.69) is 46.0 Å². The maximum atomic E-state index is 12.6. The number of hydrogen-bond acceptors (Lipinski definition) is 3. The standard InChI is InChI=1S/C16H28N2O2/c1-12(2)18-14(16(3,4)5)8-7-13(15(18)19)11-17-9-10-20-6/h7-8,12,17H,9-11H2,1-6H3. The first-order valence-electron chi connectivity index (χ1n) is 7.23. The Morgan fingerprint density at radius 1 is 1.30 bits per heavy atom. The molecule has 0 aliphatic carbocycles. The molecule has 0 aliphatic heterocycles. The van der Waals surface area contributed by atoms with Gasteiger partial charge in [-0.05, 0) is 19.9 Å². The summed E-state index contributed by atoms with van der Waals surface area (Å²) in [6, 6.07) is 4.19. The van der Waals surface area contributed by atoms with Crippen LogP contribution in [0.3, 0.4) is 0 Å². The Kier molecular flexibility index (Phi) is 5.96. The van der Waals surface area contributed by atoms with E-state index in [1.165, 1.54) is 0 Å². The van der Waals surface area contributed by atoms with E-state index in [0.29, 0.717) is 13.2 Å². The average molecular weight is 280 g/mol. The van der Waals surface area contributed by atoms with Crippen molar-refractivity contribution in [3.8, 4) is 0 Å². The normalized spacial score (nSPS) is 12.2. The van der Waals surface area contributed by atoms with E-state index in [0.717, 1.165) is 17.8 Å². The summed E-state index contributed by atoms with van der Waals surface area (Å²) in [4.78, 5) is 12.6. The Morgan fingerprint density at radius 2 is 1.95 bits per heavy atom. The molecule has 1 aromatic heterocycles. The summed E-state index contributed by atoms with van der Waals surface area (Å²) in [6.07, 6.45) is 0. The summed E-state index contributed by atoms with van der Waals surface area (Å²) in [6.45, 7) is 12.5. The van der Waals surface area contributed by atoms with Crippen LogP contribution in [0.4, 0.5) is 0 Å². The first kappa shape index (κ1) is 16.9. The Balaban J connectivity index is 3.07. The van der Waals surface area contributed by atoms with Crippen molar-refractivity contribution in [1.82, 2.24) is 9.88 Å². The van der Waals surface area contributed by atoms with E-state index in [1.54, 1.807) is 7.11 Å². The molecule has 1 aromatic rings. The topological polar surface area (TPSA) is 43.3 Å². The van der Waals surface area contributed by atoms with Crippen molar-refractivity contribution < 1.29 is 4.74 Å². The van der Waals surface area contributed by atoms with E-state index in [-0.39, 0.29) is 17.0 Å². The van der Waals surface area contributed by atoms with Crippen molar-refractivity contribution in [2.24, 2.45) is 0 Å². The summed E-state index contributed by atoms with van der Waals surface area (Å²) >= 11 is 0. The molecule has 0 fully saturated rings. The smallest absolute Gasteiger partial charge is 0.255 e. The maximum Gasteiger partial charge on any atom is 0.255 e. The van der Waals surface area contributed by atoms with Gasteiger partial charge in [-0.2, -0.15) is 0 Å². The van der Waals surface area contributed by atoms with E-state index < -0.39 is 0 Å². The zero-order valence-electron chi connectivity index (χ0n) is 13.6. The lowest BCUT2D eigenvalue weighted by molar-refractivity contribution is 0.199. The van der Waals surface area contributed by atoms with E-state index in [1.807, 2.05) is 10.6 Å². The number of pyridine rings is 1. The van der Waals surface area contributed by atoms with Gasteiger partial charge in [0.15, 0.2) is 0 Å². The van der Waals surface area contributed by atoms with Crippen molar-refractivity contribution in [2.75, 3.05) is 20.3 Å². The second-order valence-electron chi connectivity index (χ2n) is 6.43. The van der Waals surface area contributed by atoms with Gasteiger partial charge in [-0.25, -0.2) is 0 Å². The Bertz CT molecular complexity index is 484. The van der Waals surface area contributed by atoms with Crippen molar-refractivity contribution in [2.45, 2.75) is 52.6 Å². The lowest BCUT2D eigenvalue weighted by atomic mass is 9.90. The van der Waals surface area contributed by atoms with Gasteiger partial charge in [0.1, 0.15) is 0 Å². The molecular formula is C16H28N2O2. The number of rotatable bonds is 6. The molecule has 1 heterocycles. The zero-order valence-corrected chi connectivity index (χ0v) is 13.6. The Hall–Kier alpha value is -1.13. The molecule has 20 heavy (non-hydrogen) atoms. The third kappa shape index (κ3) is 4.18. The first-order valence-corrected chi connectivity index (χ1v) is 7.23. The van der Waals surface area contributed by atoms with Gasteiger partial charge in [0.25, 0.3) is 5.56 Å². The van der Waals surface area contributed by atoms with Crippen LogP contribution in [-0.4, -0.2) is 24.8 Å². The molecule has 0 radical (unpaired) electrons. The van der Waals surface area contributed by atoms with Gasteiger partial charge in [0.2, 0.25) is 0 Å². The van der Waals surface area contributed by atoms with Crippen LogP contribution in [0.1, 0.15) is 51.9 Å². The minimum atomic E-state index is -0.0363. The second kappa shape index (κ2) is 7.04. The van der Waals surface area contributed by atoms with Crippen LogP contribution in [0.5, 0.6) is 0 Å². The molecule has 0 atom stereocenters. The summed E-state index contributed by atoms with van der Waals surface area (Å²) in [5.41, 5.74) is 1.96. The minimum Gasteiger partial charge on any atom is -0.383 e. The van der Waals surface area contributed by atoms with Crippen LogP contribution in [0.2, 0.25) is 0 Å². The maximum absolute atomic E-state index is 12.6. The second-order valence-corrected chi connectivity index (χ2v) is 6.43. The predicted molar refractivity (Wildman–Crippen MR) is 83.4 cm³/mol. The van der Waals surface area contributed by atoms with Gasteiger partial charge < -0.3 is 14.6 Å². The SMILES string of the molecule is COCCNCc1ccc(C(C)(C)C)n(C(C)C)c1=O. The van der Waals surface area contributed by atoms with Crippen LogP contribution >= 0.6 is 0 Å². The molecule has 0 unspecified atom stereocenters. The van der Waals surface area contributed by atoms with Crippen molar-refractivity contribution in [1.29, 1.82) is 0 Å². The fraction of sp³-hybridized carbons (Fsp3) is 0.688. The zero-order chi connectivity index (χ0) is 15.3. The number of nitrogens with zero attached hydrogens (tertiary/aromatic N) is 1. The molecule has 0 amide bonds. The molecule has 1 N–H and O–H groups in total. The van der Waals surface area contributed by atoms with Gasteiger partial charge in [0, 0.05) is 42.9 Å². The highest BCUT2D eigenvalue weighted by Gasteiger charge is 2.21. The van der Waals surface area contributed by atoms with Crippen molar-refractivity contribution >= 4 is 0 Å². The molecule has 0 aliphatic rings. The highest BCUT2D eigenvalue weighted by atomic mass is 16.5. The lowest BCUT2D eigenvalue weighted by Gasteiger charge is -2.27. The highest BCUT2D eigenvalue weighted by Crippen LogP contribution is 2.23. The van der Waals surface area contributed by atoms with Crippen LogP contribution < -0.4 is 10.9 Å². The van der Waals surface area contributed by atoms with Gasteiger partial charge in [-0.15, -0.1) is 0 Å². The van der Waals surface area contributed by atoms with E-state index >= 15 is 0 Å². The summed E-state index contributed by atoms with van der Waals surface area (Å²) < 4.78 is 6.90. The Morgan fingerprint density at radius 3 is 2.45 bits per heavy atom. The van der Waals surface area contributed by atoms with Crippen LogP contribution in [0.15, 0.2) is 16.9 Å². The first-order chi connectivity index (χ1) is 9.29. The minimum absolute atomic E-state index is 0.0363. The number of aromatic nitrogens is 1. The molecule has 4 nitrogen and oxygen atoms in total. The predicted octanol–water partition coefficient (Wildman–Crippen LogP) is 2.46. The van der Waals surface area contributed by atoms with Crippen molar-refractivity contribution in [3.05, 3.63) is 33.7 Å². The largest absolute Gasteiger partial charge is 0.383 e. The van der Waals surface area contributed by atoms with Gasteiger partial charge in [0.05, 0.1) is 6.61 Å². The molecule has 0 aromatic carbocycles. The van der Waals surface area contributed by atoms with Crippen LogP contribution in [0, 0.1) is 0 Å². The molecule has 1 rings (SSSR count). The van der Waals surface area contributed by atoms with E-state index in [4.69, 9.17) is 4.74 Å². The van der Waals surface area contributed by atoms with E-state index in [9.17, 15) is 4.79 Å². The summed E-state index contributed by atoms with van der Waals surface area (Å²) in [7, 11) is 1.67. The quantitative estimate of drug-likeness (QED) is 0.814. The fourth-order valence-electron chi connectivity index (χ4n) is 2.25. The molecule has 0 saturated heterocycles. The molecule has 0 spiro atoms. The molecule has 0 bridgehead atoms. The molecule has 0 saturated carbocycles. The van der Waals surface area contributed by atoms with Crippen LogP contribution in [-0.2, 0) is 16.7 Å². The van der Waals surface area contributed by atoms with Crippen LogP contribution in [0.25, 0.3) is 0 Å². The summed E-state index contributed by atoms with van der Waals surface area (Å²) in [5.74, 6) is 0. The lowest BCUT2D eigenvalue weighted by Crippen LogP contribution is -2.34. The Labute approximate surface area is 122 Å². The monoisotopic (exact) mass is 280 g/mol. The number of methoxy groups -OCH3 is 1. The average Bonchev–Trinajstić information content (AvgIpc) is 2.34. The molecule has 4 heteroatoms. The van der Waals surface area contributed by atoms with Gasteiger partial charge >= 0.3 is 0 Å². The molecule has 114 valence electrons. The third-order valence-corrected chi connectivity index (χ3v) is 3.28. The van der Waals surface area contributed by atoms with Gasteiger partial charge in [-0.3, -0.25) is 4.79 Å². The number of nitrogens with one attached hydrogen (secondary N) is 1. The molecular weight excluding hydrogens is 252 g/mol. The number of ether oxygens (including phenoxy) is 1. The number of hydrogen-bond donors (Lipinski definition) is 1. The fourth-order valence-corrected chi connectivity index (χ4v) is 2.25. The highest BCUT2D eigenvalue weighted by molar-refractivity contribution is 5.22. The summed E-state index contributed by atoms with van der Waals surface area (Å²) in [5, 5.41) is 3.23.